The van der Waals surface area contributed by atoms with E-state index in [-0.39, 0.29) is 41.1 Å². The van der Waals surface area contributed by atoms with Gasteiger partial charge in [0.05, 0.1) is 12.2 Å². The quantitative estimate of drug-likeness (QED) is 0.113. The SMILES string of the molecule is CCCCNCC(O)c1ccc(O)cc1.CCCCNCC(O)c1ccc(O)cc1.O=S(=O)(O)O.[NaH]. The number of benzene rings is 2. The van der Waals surface area contributed by atoms with Gasteiger partial charge in [-0.25, -0.2) is 0 Å². The summed E-state index contributed by atoms with van der Waals surface area (Å²) in [6.45, 7) is 7.27. The molecule has 8 N–H and O–H groups in total. The average Bonchev–Trinajstić information content (AvgIpc) is 2.79. The predicted molar refractivity (Wildman–Crippen MR) is 143 cm³/mol. The molecule has 0 heterocycles. The molecule has 0 saturated carbocycles. The molecule has 2 aromatic rings. The summed E-state index contributed by atoms with van der Waals surface area (Å²) in [4.78, 5) is 0. The summed E-state index contributed by atoms with van der Waals surface area (Å²) in [5, 5.41) is 44.1. The Morgan fingerprint density at radius 1 is 0.694 bits per heavy atom. The second-order valence-electron chi connectivity index (χ2n) is 7.78. The minimum atomic E-state index is -4.67. The number of aliphatic hydroxyl groups is 2. The molecule has 12 heteroatoms. The molecule has 2 aromatic carbocycles. The number of phenols is 2. The van der Waals surface area contributed by atoms with Gasteiger partial charge < -0.3 is 31.1 Å². The van der Waals surface area contributed by atoms with E-state index in [4.69, 9.17) is 27.7 Å². The Hall–Kier alpha value is -1.25. The second kappa shape index (κ2) is 21.8. The fraction of sp³-hybridized carbons (Fsp3) is 0.500. The van der Waals surface area contributed by atoms with Crippen LogP contribution in [0.1, 0.15) is 62.9 Å². The number of hydrogen-bond acceptors (Lipinski definition) is 8. The van der Waals surface area contributed by atoms with Crippen molar-refractivity contribution in [3.05, 3.63) is 59.7 Å². The summed E-state index contributed by atoms with van der Waals surface area (Å²) < 4.78 is 31.6. The molecule has 0 aliphatic heterocycles. The third-order valence-electron chi connectivity index (χ3n) is 4.65. The van der Waals surface area contributed by atoms with E-state index < -0.39 is 22.6 Å². The molecule has 0 amide bonds. The van der Waals surface area contributed by atoms with Crippen LogP contribution in [-0.2, 0) is 10.4 Å². The van der Waals surface area contributed by atoms with Crippen LogP contribution < -0.4 is 10.6 Å². The fourth-order valence-corrected chi connectivity index (χ4v) is 2.71. The molecule has 0 aliphatic rings. The van der Waals surface area contributed by atoms with Crippen molar-refractivity contribution in [3.63, 3.8) is 0 Å². The molecule has 2 unspecified atom stereocenters. The van der Waals surface area contributed by atoms with Crippen molar-refractivity contribution in [3.8, 4) is 11.5 Å². The fourth-order valence-electron chi connectivity index (χ4n) is 2.71. The van der Waals surface area contributed by atoms with E-state index in [1.807, 2.05) is 0 Å². The summed E-state index contributed by atoms with van der Waals surface area (Å²) in [5.41, 5.74) is 1.66. The summed E-state index contributed by atoms with van der Waals surface area (Å²) in [6.07, 6.45) is 3.57. The van der Waals surface area contributed by atoms with E-state index in [9.17, 15) is 10.2 Å². The zero-order chi connectivity index (χ0) is 26.7. The van der Waals surface area contributed by atoms with Gasteiger partial charge in [-0.1, -0.05) is 51.0 Å². The Balaban J connectivity index is 0. The van der Waals surface area contributed by atoms with E-state index in [1.54, 1.807) is 48.5 Å². The van der Waals surface area contributed by atoms with E-state index in [0.29, 0.717) is 13.1 Å². The van der Waals surface area contributed by atoms with Gasteiger partial charge in [0.25, 0.3) is 0 Å². The first-order chi connectivity index (χ1) is 16.5. The molecule has 0 aromatic heterocycles. The molecule has 2 atom stereocenters. The van der Waals surface area contributed by atoms with Crippen LogP contribution in [0.15, 0.2) is 48.5 Å². The molecule has 36 heavy (non-hydrogen) atoms. The van der Waals surface area contributed by atoms with Crippen molar-refractivity contribution < 1.29 is 37.9 Å². The molecule has 0 bridgehead atoms. The van der Waals surface area contributed by atoms with Crippen molar-refractivity contribution in [2.24, 2.45) is 0 Å². The van der Waals surface area contributed by atoms with Crippen LogP contribution >= 0.6 is 0 Å². The van der Waals surface area contributed by atoms with Crippen LogP contribution in [0.5, 0.6) is 11.5 Å². The first-order valence-electron chi connectivity index (χ1n) is 11.5. The van der Waals surface area contributed by atoms with Crippen LogP contribution in [0.3, 0.4) is 0 Å². The van der Waals surface area contributed by atoms with Gasteiger partial charge in [-0.15, -0.1) is 0 Å². The van der Waals surface area contributed by atoms with Crippen molar-refractivity contribution in [1.82, 2.24) is 10.6 Å². The van der Waals surface area contributed by atoms with Crippen molar-refractivity contribution in [2.75, 3.05) is 26.2 Å². The van der Waals surface area contributed by atoms with Crippen LogP contribution in [0, 0.1) is 0 Å². The topological polar surface area (TPSA) is 180 Å². The van der Waals surface area contributed by atoms with Gasteiger partial charge in [-0.2, -0.15) is 8.42 Å². The normalized spacial score (nSPS) is 12.2. The second-order valence-corrected chi connectivity index (χ2v) is 8.67. The standard InChI is InChI=1S/2C12H19NO2.Na.H2O4S.H/c2*1-2-3-8-13-9-12(15)10-4-6-11(14)7-5-10;;1-5(2,3)4;/h2*4-7,12-15H,2-3,8-9H2,1H3;;(H2,1,2,3,4);. The van der Waals surface area contributed by atoms with Crippen molar-refractivity contribution in [2.45, 2.75) is 51.7 Å². The number of aromatic hydroxyl groups is 2. The maximum absolute atomic E-state index is 9.77. The maximum atomic E-state index is 9.77. The Kier molecular flexibility index (Phi) is 22.3. The van der Waals surface area contributed by atoms with Crippen molar-refractivity contribution >= 4 is 40.0 Å². The first kappa shape index (κ1) is 36.9. The van der Waals surface area contributed by atoms with Gasteiger partial charge >= 0.3 is 40.0 Å². The van der Waals surface area contributed by atoms with E-state index >= 15 is 0 Å². The first-order valence-corrected chi connectivity index (χ1v) is 12.9. The number of nitrogens with one attached hydrogen (secondary N) is 2. The Morgan fingerprint density at radius 2 is 0.972 bits per heavy atom. The number of aliphatic hydroxyl groups excluding tert-OH is 2. The van der Waals surface area contributed by atoms with Gasteiger partial charge in [0.1, 0.15) is 11.5 Å². The molecular weight excluding hydrogens is 499 g/mol. The third-order valence-corrected chi connectivity index (χ3v) is 4.65. The average molecular weight is 541 g/mol. The predicted octanol–water partition coefficient (Wildman–Crippen LogP) is 2.33. The van der Waals surface area contributed by atoms with Gasteiger partial charge in [0, 0.05) is 13.1 Å². The van der Waals surface area contributed by atoms with Crippen LogP contribution in [0.4, 0.5) is 0 Å². The Bertz CT molecular complexity index is 816. The molecular formula is C24H41N2NaO8S. The van der Waals surface area contributed by atoms with E-state index in [1.165, 1.54) is 0 Å². The number of phenolic OH excluding ortho intramolecular Hbond substituents is 2. The Morgan fingerprint density at radius 3 is 1.22 bits per heavy atom. The van der Waals surface area contributed by atoms with Gasteiger partial charge in [0.15, 0.2) is 0 Å². The van der Waals surface area contributed by atoms with Crippen molar-refractivity contribution in [1.29, 1.82) is 0 Å². The third kappa shape index (κ3) is 22.0. The van der Waals surface area contributed by atoms with Crippen LogP contribution in [0.25, 0.3) is 0 Å². The van der Waals surface area contributed by atoms with Gasteiger partial charge in [-0.3, -0.25) is 9.11 Å². The molecule has 0 radical (unpaired) electrons. The molecule has 0 aliphatic carbocycles. The summed E-state index contributed by atoms with van der Waals surface area (Å²) >= 11 is 0. The van der Waals surface area contributed by atoms with E-state index in [2.05, 4.69) is 24.5 Å². The number of unbranched alkanes of at least 4 members (excludes halogenated alkanes) is 2. The zero-order valence-corrected chi connectivity index (χ0v) is 21.2. The molecule has 202 valence electrons. The molecule has 0 saturated heterocycles. The van der Waals surface area contributed by atoms with Gasteiger partial charge in [0.2, 0.25) is 0 Å². The molecule has 10 nitrogen and oxygen atoms in total. The van der Waals surface area contributed by atoms with Crippen LogP contribution in [0.2, 0.25) is 0 Å². The molecule has 2 rings (SSSR count). The minimum absolute atomic E-state index is 0. The molecule has 0 spiro atoms. The van der Waals surface area contributed by atoms with Gasteiger partial charge in [-0.05, 0) is 61.3 Å². The molecule has 0 fully saturated rings. The zero-order valence-electron chi connectivity index (χ0n) is 20.3. The number of rotatable bonds is 12. The van der Waals surface area contributed by atoms with E-state index in [0.717, 1.165) is 49.9 Å². The Labute approximate surface area is 236 Å². The summed E-state index contributed by atoms with van der Waals surface area (Å²) in [6, 6.07) is 13.3. The monoisotopic (exact) mass is 540 g/mol. The summed E-state index contributed by atoms with van der Waals surface area (Å²) in [7, 11) is -4.67. The number of hydrogen-bond donors (Lipinski definition) is 8. The van der Waals surface area contributed by atoms with Crippen LogP contribution in [-0.4, -0.2) is 93.7 Å². The summed E-state index contributed by atoms with van der Waals surface area (Å²) in [5.74, 6) is 0.454.